The van der Waals surface area contributed by atoms with Crippen LogP contribution in [0, 0.1) is 17.2 Å². The van der Waals surface area contributed by atoms with Crippen molar-refractivity contribution in [3.8, 4) is 6.07 Å². The summed E-state index contributed by atoms with van der Waals surface area (Å²) in [7, 11) is 0. The summed E-state index contributed by atoms with van der Waals surface area (Å²) in [5, 5.41) is 12.6. The van der Waals surface area contributed by atoms with Gasteiger partial charge in [0.25, 0.3) is 5.91 Å². The lowest BCUT2D eigenvalue weighted by Gasteiger charge is -2.23. The van der Waals surface area contributed by atoms with Gasteiger partial charge in [-0.3, -0.25) is 9.59 Å². The number of rotatable bonds is 6. The third-order valence-corrected chi connectivity index (χ3v) is 5.82. The molecule has 3 rings (SSSR count). The number of nitrogens with zero attached hydrogens (tertiary/aromatic N) is 1. The number of nitriles is 1. The van der Waals surface area contributed by atoms with E-state index in [1.165, 1.54) is 6.92 Å². The number of hydrogen-bond donors (Lipinski definition) is 1. The van der Waals surface area contributed by atoms with E-state index < -0.39 is 5.91 Å². The summed E-state index contributed by atoms with van der Waals surface area (Å²) in [6, 6.07) is 17.6. The molecule has 0 aliphatic carbocycles. The molecule has 1 unspecified atom stereocenters. The van der Waals surface area contributed by atoms with Gasteiger partial charge in [0.05, 0.1) is 0 Å². The third kappa shape index (κ3) is 3.92. The third-order valence-electron chi connectivity index (χ3n) is 4.67. The van der Waals surface area contributed by atoms with Crippen molar-refractivity contribution in [2.24, 2.45) is 5.92 Å². The average molecular weight is 388 g/mol. The number of amides is 1. The number of fused-ring (bicyclic) bond motifs is 2. The van der Waals surface area contributed by atoms with E-state index in [1.807, 2.05) is 48.5 Å². The maximum atomic E-state index is 12.8. The highest BCUT2D eigenvalue weighted by atomic mass is 32.2. The second-order valence-electron chi connectivity index (χ2n) is 6.45. The fourth-order valence-electron chi connectivity index (χ4n) is 3.19. The molecule has 0 radical (unpaired) electrons. The van der Waals surface area contributed by atoms with E-state index >= 15 is 0 Å². The molecule has 4 nitrogen and oxygen atoms in total. The predicted octanol–water partition coefficient (Wildman–Crippen LogP) is 4.37. The highest BCUT2D eigenvalue weighted by Gasteiger charge is 2.26. The number of benzene rings is 2. The van der Waals surface area contributed by atoms with Gasteiger partial charge < -0.3 is 5.32 Å². The predicted molar refractivity (Wildman–Crippen MR) is 111 cm³/mol. The number of carbonyl (C=O) groups is 2. The van der Waals surface area contributed by atoms with E-state index in [9.17, 15) is 14.9 Å². The van der Waals surface area contributed by atoms with Crippen LogP contribution in [0.15, 0.2) is 76.5 Å². The Bertz CT molecular complexity index is 970. The first-order valence-corrected chi connectivity index (χ1v) is 9.80. The Balaban J connectivity index is 1.96. The molecule has 2 aromatic carbocycles. The van der Waals surface area contributed by atoms with E-state index in [-0.39, 0.29) is 17.3 Å². The van der Waals surface area contributed by atoms with Crippen LogP contribution in [0.3, 0.4) is 0 Å². The molecule has 1 amide bonds. The second-order valence-corrected chi connectivity index (χ2v) is 7.54. The number of allylic oxidation sites excluding steroid dienone is 1. The lowest BCUT2D eigenvalue weighted by molar-refractivity contribution is -0.120. The van der Waals surface area contributed by atoms with Gasteiger partial charge in [0.2, 0.25) is 0 Å². The molecule has 28 heavy (non-hydrogen) atoms. The molecule has 2 aromatic rings. The van der Waals surface area contributed by atoms with Crippen molar-refractivity contribution in [1.29, 1.82) is 5.26 Å². The summed E-state index contributed by atoms with van der Waals surface area (Å²) in [4.78, 5) is 26.4. The molecular formula is C23H20N2O2S. The van der Waals surface area contributed by atoms with Crippen LogP contribution in [0.2, 0.25) is 0 Å². The number of Topliss-reactive ketones (excluding diaryl/α,β-unsaturated/α-hetero) is 1. The maximum absolute atomic E-state index is 12.8. The zero-order chi connectivity index (χ0) is 20.1. The normalized spacial score (nSPS) is 12.8. The Morgan fingerprint density at radius 1 is 1.14 bits per heavy atom. The first kappa shape index (κ1) is 19.7. The molecule has 140 valence electrons. The molecule has 1 atom stereocenters. The first-order valence-electron chi connectivity index (χ1n) is 8.99. The topological polar surface area (TPSA) is 70.0 Å². The largest absolute Gasteiger partial charge is 0.351 e. The van der Waals surface area contributed by atoms with Crippen LogP contribution >= 0.6 is 11.8 Å². The molecule has 0 saturated carbocycles. The summed E-state index contributed by atoms with van der Waals surface area (Å²) < 4.78 is 0. The quantitative estimate of drug-likeness (QED) is 0.387. The van der Waals surface area contributed by atoms with Gasteiger partial charge in [-0.15, -0.1) is 6.58 Å². The molecule has 1 aliphatic heterocycles. The van der Waals surface area contributed by atoms with Crippen LogP contribution in [0.25, 0.3) is 5.57 Å². The van der Waals surface area contributed by atoms with Gasteiger partial charge in [0, 0.05) is 27.8 Å². The molecular weight excluding hydrogens is 368 g/mol. The number of carbonyl (C=O) groups excluding carboxylic acids is 2. The number of nitrogens with one attached hydrogen (secondary N) is 1. The van der Waals surface area contributed by atoms with Gasteiger partial charge in [-0.1, -0.05) is 54.2 Å². The van der Waals surface area contributed by atoms with E-state index in [0.717, 1.165) is 20.9 Å². The van der Waals surface area contributed by atoms with Crippen LogP contribution in [-0.2, 0) is 9.59 Å². The molecule has 0 fully saturated rings. The lowest BCUT2D eigenvalue weighted by atomic mass is 9.92. The van der Waals surface area contributed by atoms with Crippen molar-refractivity contribution in [3.05, 3.63) is 77.9 Å². The Kier molecular flexibility index (Phi) is 6.13. The Morgan fingerprint density at radius 2 is 1.71 bits per heavy atom. The standard InChI is InChI=1S/C23H20N2O2S/c1-3-16(15(2)26)12-13-25-23(27)19(14-24)22-17-8-4-6-10-20(17)28-21-11-7-5-9-18(21)22/h3-11,16H,1,12-13H2,2H3,(H,25,27). The Labute approximate surface area is 169 Å². The van der Waals surface area contributed by atoms with Crippen LogP contribution in [0.4, 0.5) is 0 Å². The van der Waals surface area contributed by atoms with Crippen LogP contribution in [-0.4, -0.2) is 18.2 Å². The molecule has 1 aliphatic rings. The molecule has 0 bridgehead atoms. The molecule has 5 heteroatoms. The minimum atomic E-state index is -0.430. The van der Waals surface area contributed by atoms with Gasteiger partial charge >= 0.3 is 0 Å². The summed E-state index contributed by atoms with van der Waals surface area (Å²) in [5.74, 6) is -0.721. The zero-order valence-electron chi connectivity index (χ0n) is 15.6. The van der Waals surface area contributed by atoms with Crippen molar-refractivity contribution >= 4 is 29.0 Å². The Morgan fingerprint density at radius 3 is 2.21 bits per heavy atom. The minimum Gasteiger partial charge on any atom is -0.351 e. The zero-order valence-corrected chi connectivity index (χ0v) is 16.4. The fourth-order valence-corrected chi connectivity index (χ4v) is 4.28. The minimum absolute atomic E-state index is 0.00951. The summed E-state index contributed by atoms with van der Waals surface area (Å²) in [5.41, 5.74) is 2.49. The fraction of sp³-hybridized carbons (Fsp3) is 0.174. The van der Waals surface area contributed by atoms with Crippen LogP contribution in [0.5, 0.6) is 0 Å². The molecule has 0 aromatic heterocycles. The second kappa shape index (κ2) is 8.73. The van der Waals surface area contributed by atoms with Gasteiger partial charge in [0.15, 0.2) is 0 Å². The highest BCUT2D eigenvalue weighted by molar-refractivity contribution is 7.99. The maximum Gasteiger partial charge on any atom is 0.262 e. The van der Waals surface area contributed by atoms with Crippen LogP contribution < -0.4 is 5.32 Å². The van der Waals surface area contributed by atoms with Crippen LogP contribution in [0.1, 0.15) is 24.5 Å². The molecule has 0 saturated heterocycles. The summed E-state index contributed by atoms with van der Waals surface area (Å²) >= 11 is 1.63. The van der Waals surface area contributed by atoms with Gasteiger partial charge in [0.1, 0.15) is 17.4 Å². The lowest BCUT2D eigenvalue weighted by Crippen LogP contribution is -2.28. The number of ketones is 1. The van der Waals surface area contributed by atoms with E-state index in [4.69, 9.17) is 0 Å². The van der Waals surface area contributed by atoms with Crippen molar-refractivity contribution in [1.82, 2.24) is 5.32 Å². The van der Waals surface area contributed by atoms with Crippen molar-refractivity contribution in [3.63, 3.8) is 0 Å². The van der Waals surface area contributed by atoms with E-state index in [0.29, 0.717) is 18.5 Å². The molecule has 0 spiro atoms. The van der Waals surface area contributed by atoms with Gasteiger partial charge in [-0.2, -0.15) is 5.26 Å². The number of hydrogen-bond acceptors (Lipinski definition) is 4. The SMILES string of the molecule is C=CC(CCNC(=O)C(C#N)=C1c2ccccc2Sc2ccccc21)C(C)=O. The van der Waals surface area contributed by atoms with Gasteiger partial charge in [-0.25, -0.2) is 0 Å². The molecule has 1 N–H and O–H groups in total. The smallest absolute Gasteiger partial charge is 0.262 e. The Hall–Kier alpha value is -3.10. The van der Waals surface area contributed by atoms with Crippen molar-refractivity contribution in [2.75, 3.05) is 6.54 Å². The van der Waals surface area contributed by atoms with Crippen molar-refractivity contribution in [2.45, 2.75) is 23.1 Å². The summed E-state index contributed by atoms with van der Waals surface area (Å²) in [6.07, 6.45) is 2.05. The van der Waals surface area contributed by atoms with E-state index in [1.54, 1.807) is 17.8 Å². The van der Waals surface area contributed by atoms with E-state index in [2.05, 4.69) is 18.0 Å². The first-order chi connectivity index (χ1) is 13.6. The monoisotopic (exact) mass is 388 g/mol. The highest BCUT2D eigenvalue weighted by Crippen LogP contribution is 2.46. The van der Waals surface area contributed by atoms with Crippen molar-refractivity contribution < 1.29 is 9.59 Å². The summed E-state index contributed by atoms with van der Waals surface area (Å²) in [6.45, 7) is 5.46. The molecule has 1 heterocycles. The van der Waals surface area contributed by atoms with Gasteiger partial charge in [-0.05, 0) is 36.6 Å². The average Bonchev–Trinajstić information content (AvgIpc) is 2.71.